The molecule has 1 atom stereocenters. The summed E-state index contributed by atoms with van der Waals surface area (Å²) in [5.74, 6) is 0.364. The predicted molar refractivity (Wildman–Crippen MR) is 90.8 cm³/mol. The van der Waals surface area contributed by atoms with Crippen molar-refractivity contribution >= 4 is 17.6 Å². The molecule has 0 saturated carbocycles. The predicted octanol–water partition coefficient (Wildman–Crippen LogP) is 2.09. The number of nitrogens with one attached hydrogen (secondary N) is 3. The number of hydrogen-bond acceptors (Lipinski definition) is 4. The van der Waals surface area contributed by atoms with Crippen molar-refractivity contribution < 1.29 is 14.3 Å². The van der Waals surface area contributed by atoms with E-state index < -0.39 is 6.03 Å². The van der Waals surface area contributed by atoms with E-state index >= 15 is 0 Å². The highest BCUT2D eigenvalue weighted by Gasteiger charge is 2.14. The molecular weight excluding hydrogens is 308 g/mol. The van der Waals surface area contributed by atoms with E-state index in [0.717, 1.165) is 5.56 Å². The maximum absolute atomic E-state index is 11.9. The van der Waals surface area contributed by atoms with Gasteiger partial charge in [-0.25, -0.2) is 4.79 Å². The van der Waals surface area contributed by atoms with E-state index in [1.54, 1.807) is 25.4 Å². The summed E-state index contributed by atoms with van der Waals surface area (Å²) in [6.07, 6.45) is 3.14. The summed E-state index contributed by atoms with van der Waals surface area (Å²) < 4.78 is 5.27. The second-order valence-electron chi connectivity index (χ2n) is 5.08. The number of benzene rings is 1. The first-order valence-corrected chi connectivity index (χ1v) is 7.47. The molecule has 0 radical (unpaired) electrons. The Morgan fingerprint density at radius 2 is 2.00 bits per heavy atom. The first-order valence-electron chi connectivity index (χ1n) is 7.47. The second kappa shape index (κ2) is 8.52. The van der Waals surface area contributed by atoms with Crippen molar-refractivity contribution in [3.05, 3.63) is 54.4 Å². The second-order valence-corrected chi connectivity index (χ2v) is 5.08. The van der Waals surface area contributed by atoms with Crippen molar-refractivity contribution in [1.82, 2.24) is 15.6 Å². The van der Waals surface area contributed by atoms with Crippen LogP contribution in [0.3, 0.4) is 0 Å². The molecule has 126 valence electrons. The Balaban J connectivity index is 1.81. The highest BCUT2D eigenvalue weighted by molar-refractivity contribution is 5.94. The number of nitrogens with zero attached hydrogens (tertiary/aromatic N) is 1. The van der Waals surface area contributed by atoms with Gasteiger partial charge in [-0.05, 0) is 25.1 Å². The molecule has 1 aromatic heterocycles. The minimum absolute atomic E-state index is 0.140. The molecule has 3 amide bonds. The molecule has 0 unspecified atom stereocenters. The van der Waals surface area contributed by atoms with E-state index in [1.165, 1.54) is 6.20 Å². The molecule has 3 N–H and O–H groups in total. The zero-order valence-electron chi connectivity index (χ0n) is 13.6. The van der Waals surface area contributed by atoms with Gasteiger partial charge >= 0.3 is 6.03 Å². The normalized spacial score (nSPS) is 11.2. The molecule has 0 spiro atoms. The molecule has 1 aromatic carbocycles. The average molecular weight is 328 g/mol. The molecular formula is C17H20N4O3. The van der Waals surface area contributed by atoms with Gasteiger partial charge in [0.05, 0.1) is 31.6 Å². The van der Waals surface area contributed by atoms with E-state index in [2.05, 4.69) is 20.9 Å². The van der Waals surface area contributed by atoms with Crippen LogP contribution in [0.15, 0.2) is 48.8 Å². The SMILES string of the molecule is COc1ccccc1[C@@H](C)NC(=O)NCC(=O)Nc1cccnc1. The number of rotatable bonds is 6. The molecule has 24 heavy (non-hydrogen) atoms. The molecule has 7 heteroatoms. The van der Waals surface area contributed by atoms with Crippen LogP contribution in [0.1, 0.15) is 18.5 Å². The van der Waals surface area contributed by atoms with Gasteiger partial charge in [0.2, 0.25) is 5.91 Å². The Labute approximate surface area is 140 Å². The van der Waals surface area contributed by atoms with Crippen LogP contribution in [0.5, 0.6) is 5.75 Å². The number of ether oxygens (including phenoxy) is 1. The van der Waals surface area contributed by atoms with Gasteiger partial charge in [-0.15, -0.1) is 0 Å². The van der Waals surface area contributed by atoms with Crippen molar-refractivity contribution in [2.75, 3.05) is 19.0 Å². The molecule has 2 aromatic rings. The van der Waals surface area contributed by atoms with E-state index in [0.29, 0.717) is 11.4 Å². The maximum Gasteiger partial charge on any atom is 0.315 e. The quantitative estimate of drug-likeness (QED) is 0.757. The van der Waals surface area contributed by atoms with Crippen LogP contribution < -0.4 is 20.7 Å². The van der Waals surface area contributed by atoms with Crippen LogP contribution in [0.4, 0.5) is 10.5 Å². The molecule has 0 bridgehead atoms. The number of urea groups is 1. The first-order chi connectivity index (χ1) is 11.6. The number of para-hydroxylation sites is 1. The summed E-state index contributed by atoms with van der Waals surface area (Å²) in [4.78, 5) is 27.6. The number of carbonyl (C=O) groups is 2. The Bertz CT molecular complexity index is 691. The van der Waals surface area contributed by atoms with Crippen LogP contribution in [0.2, 0.25) is 0 Å². The van der Waals surface area contributed by atoms with Gasteiger partial charge in [0.1, 0.15) is 5.75 Å². The van der Waals surface area contributed by atoms with Crippen molar-refractivity contribution in [2.45, 2.75) is 13.0 Å². The summed E-state index contributed by atoms with van der Waals surface area (Å²) in [5, 5.41) is 7.92. The summed E-state index contributed by atoms with van der Waals surface area (Å²) in [7, 11) is 1.58. The van der Waals surface area contributed by atoms with Gasteiger partial charge in [0, 0.05) is 11.8 Å². The van der Waals surface area contributed by atoms with E-state index in [-0.39, 0.29) is 18.5 Å². The number of aromatic nitrogens is 1. The Kier molecular flexibility index (Phi) is 6.13. The lowest BCUT2D eigenvalue weighted by molar-refractivity contribution is -0.115. The molecule has 0 aliphatic rings. The first kappa shape index (κ1) is 17.3. The van der Waals surface area contributed by atoms with Crippen molar-refractivity contribution in [3.8, 4) is 5.75 Å². The highest BCUT2D eigenvalue weighted by Crippen LogP contribution is 2.23. The number of carbonyl (C=O) groups excluding carboxylic acids is 2. The zero-order chi connectivity index (χ0) is 17.4. The van der Waals surface area contributed by atoms with E-state index in [1.807, 2.05) is 31.2 Å². The Morgan fingerprint density at radius 3 is 2.71 bits per heavy atom. The molecule has 0 aliphatic heterocycles. The average Bonchev–Trinajstić information content (AvgIpc) is 2.60. The topological polar surface area (TPSA) is 92.4 Å². The standard InChI is InChI=1S/C17H20N4O3/c1-12(14-7-3-4-8-15(14)24-2)20-17(23)19-11-16(22)21-13-6-5-9-18-10-13/h3-10,12H,11H2,1-2H3,(H,21,22)(H2,19,20,23)/t12-/m1/s1. The largest absolute Gasteiger partial charge is 0.496 e. The maximum atomic E-state index is 11.9. The molecule has 0 aliphatic carbocycles. The highest BCUT2D eigenvalue weighted by atomic mass is 16.5. The number of methoxy groups -OCH3 is 1. The minimum Gasteiger partial charge on any atom is -0.496 e. The third-order valence-corrected chi connectivity index (χ3v) is 3.31. The van der Waals surface area contributed by atoms with Gasteiger partial charge < -0.3 is 20.7 Å². The fourth-order valence-electron chi connectivity index (χ4n) is 2.15. The van der Waals surface area contributed by atoms with Crippen LogP contribution in [0.25, 0.3) is 0 Å². The zero-order valence-corrected chi connectivity index (χ0v) is 13.6. The molecule has 0 fully saturated rings. The molecule has 2 rings (SSSR count). The smallest absolute Gasteiger partial charge is 0.315 e. The van der Waals surface area contributed by atoms with E-state index in [4.69, 9.17) is 4.74 Å². The summed E-state index contributed by atoms with van der Waals surface area (Å²) in [6, 6.07) is 10.2. The fourth-order valence-corrected chi connectivity index (χ4v) is 2.15. The van der Waals surface area contributed by atoms with Crippen molar-refractivity contribution in [3.63, 3.8) is 0 Å². The van der Waals surface area contributed by atoms with Gasteiger partial charge in [0.15, 0.2) is 0 Å². The summed E-state index contributed by atoms with van der Waals surface area (Å²) in [5.41, 5.74) is 1.43. The van der Waals surface area contributed by atoms with Crippen LogP contribution in [-0.2, 0) is 4.79 Å². The van der Waals surface area contributed by atoms with Gasteiger partial charge in [0.25, 0.3) is 0 Å². The van der Waals surface area contributed by atoms with E-state index in [9.17, 15) is 9.59 Å². The number of pyridine rings is 1. The number of hydrogen-bond donors (Lipinski definition) is 3. The Hall–Kier alpha value is -3.09. The molecule has 7 nitrogen and oxygen atoms in total. The lowest BCUT2D eigenvalue weighted by Crippen LogP contribution is -2.41. The van der Waals surface area contributed by atoms with Crippen LogP contribution in [0, 0.1) is 0 Å². The fraction of sp³-hybridized carbons (Fsp3) is 0.235. The lowest BCUT2D eigenvalue weighted by Gasteiger charge is -2.17. The summed E-state index contributed by atoms with van der Waals surface area (Å²) in [6.45, 7) is 1.70. The lowest BCUT2D eigenvalue weighted by atomic mass is 10.1. The number of amides is 3. The molecule has 1 heterocycles. The number of anilines is 1. The Morgan fingerprint density at radius 1 is 1.21 bits per heavy atom. The summed E-state index contributed by atoms with van der Waals surface area (Å²) >= 11 is 0. The van der Waals surface area contributed by atoms with Crippen molar-refractivity contribution in [2.24, 2.45) is 0 Å². The monoisotopic (exact) mass is 328 g/mol. The van der Waals surface area contributed by atoms with Gasteiger partial charge in [-0.2, -0.15) is 0 Å². The third-order valence-electron chi connectivity index (χ3n) is 3.31. The van der Waals surface area contributed by atoms with Crippen LogP contribution >= 0.6 is 0 Å². The van der Waals surface area contributed by atoms with Gasteiger partial charge in [-0.1, -0.05) is 18.2 Å². The minimum atomic E-state index is -0.435. The van der Waals surface area contributed by atoms with Gasteiger partial charge in [-0.3, -0.25) is 9.78 Å². The van der Waals surface area contributed by atoms with Crippen molar-refractivity contribution in [1.29, 1.82) is 0 Å². The van der Waals surface area contributed by atoms with Crippen LogP contribution in [-0.4, -0.2) is 30.6 Å². The molecule has 0 saturated heterocycles. The third kappa shape index (κ3) is 4.98.